The van der Waals surface area contributed by atoms with Crippen LogP contribution in [0.3, 0.4) is 0 Å². The first-order valence-corrected chi connectivity index (χ1v) is 6.76. The van der Waals surface area contributed by atoms with Gasteiger partial charge in [-0.05, 0) is 0 Å². The maximum Gasteiger partial charge on any atom is 0.323 e. The lowest BCUT2D eigenvalue weighted by atomic mass is 9.98. The van der Waals surface area contributed by atoms with Crippen LogP contribution in [0.1, 0.15) is 25.8 Å². The van der Waals surface area contributed by atoms with E-state index in [0.717, 1.165) is 5.01 Å². The number of morpholine rings is 1. The molecule has 100 valence electrons. The van der Waals surface area contributed by atoms with Gasteiger partial charge in [-0.1, -0.05) is 32.1 Å². The number of rotatable bonds is 1. The molecule has 6 nitrogen and oxygen atoms in total. The van der Waals surface area contributed by atoms with Gasteiger partial charge in [-0.3, -0.25) is 5.32 Å². The van der Waals surface area contributed by atoms with Crippen LogP contribution in [0.15, 0.2) is 0 Å². The Morgan fingerprint density at radius 2 is 2.00 bits per heavy atom. The Bertz CT molecular complexity index is 421. The van der Waals surface area contributed by atoms with Crippen LogP contribution in [0.2, 0.25) is 0 Å². The summed E-state index contributed by atoms with van der Waals surface area (Å²) < 4.78 is 5.20. The Balaban J connectivity index is 1.96. The van der Waals surface area contributed by atoms with Crippen molar-refractivity contribution in [3.05, 3.63) is 5.01 Å². The normalized spacial score (nSPS) is 16.7. The van der Waals surface area contributed by atoms with E-state index in [9.17, 15) is 4.79 Å². The molecule has 0 unspecified atom stereocenters. The highest BCUT2D eigenvalue weighted by atomic mass is 32.1. The molecule has 2 rings (SSSR count). The molecule has 0 radical (unpaired) electrons. The Morgan fingerprint density at radius 3 is 2.56 bits per heavy atom. The van der Waals surface area contributed by atoms with E-state index < -0.39 is 0 Å². The molecule has 0 aliphatic carbocycles. The fraction of sp³-hybridized carbons (Fsp3) is 0.727. The molecular weight excluding hydrogens is 252 g/mol. The summed E-state index contributed by atoms with van der Waals surface area (Å²) in [5.74, 6) is 0. The second kappa shape index (κ2) is 5.19. The number of aromatic nitrogens is 2. The van der Waals surface area contributed by atoms with E-state index in [2.05, 4.69) is 36.3 Å². The summed E-state index contributed by atoms with van der Waals surface area (Å²) in [6.45, 7) is 8.64. The highest BCUT2D eigenvalue weighted by Gasteiger charge is 2.22. The Morgan fingerprint density at radius 1 is 1.33 bits per heavy atom. The molecule has 2 heterocycles. The van der Waals surface area contributed by atoms with Crippen molar-refractivity contribution in [2.45, 2.75) is 26.2 Å². The monoisotopic (exact) mass is 270 g/mol. The molecule has 2 amide bonds. The molecule has 0 aromatic carbocycles. The molecule has 1 fully saturated rings. The lowest BCUT2D eigenvalue weighted by Crippen LogP contribution is -2.43. The molecule has 1 aliphatic rings. The number of hydrogen-bond donors (Lipinski definition) is 1. The van der Waals surface area contributed by atoms with Gasteiger partial charge in [0.05, 0.1) is 13.2 Å². The number of carbonyl (C=O) groups is 1. The van der Waals surface area contributed by atoms with E-state index in [1.165, 1.54) is 11.3 Å². The van der Waals surface area contributed by atoms with Gasteiger partial charge >= 0.3 is 6.03 Å². The Labute approximate surface area is 110 Å². The van der Waals surface area contributed by atoms with Gasteiger partial charge in [0, 0.05) is 18.5 Å². The van der Waals surface area contributed by atoms with Crippen LogP contribution in [0, 0.1) is 0 Å². The van der Waals surface area contributed by atoms with Gasteiger partial charge in [-0.15, -0.1) is 10.2 Å². The Kier molecular flexibility index (Phi) is 3.82. The van der Waals surface area contributed by atoms with E-state index in [4.69, 9.17) is 4.74 Å². The minimum Gasteiger partial charge on any atom is -0.378 e. The number of nitrogens with one attached hydrogen (secondary N) is 1. The van der Waals surface area contributed by atoms with Crippen molar-refractivity contribution in [2.24, 2.45) is 0 Å². The van der Waals surface area contributed by atoms with E-state index in [-0.39, 0.29) is 11.4 Å². The van der Waals surface area contributed by atoms with Crippen LogP contribution in [0.4, 0.5) is 9.93 Å². The zero-order valence-corrected chi connectivity index (χ0v) is 11.7. The number of amides is 2. The standard InChI is InChI=1S/C11H18N4O2S/c1-11(2,3)8-13-14-9(18-8)12-10(16)15-4-6-17-7-5-15/h4-7H2,1-3H3,(H,12,14,16). The molecule has 1 saturated heterocycles. The Hall–Kier alpha value is -1.21. The number of ether oxygens (including phenoxy) is 1. The van der Waals surface area contributed by atoms with Crippen molar-refractivity contribution in [3.63, 3.8) is 0 Å². The second-order valence-electron chi connectivity index (χ2n) is 5.19. The van der Waals surface area contributed by atoms with Gasteiger partial charge in [0.2, 0.25) is 5.13 Å². The molecule has 7 heteroatoms. The summed E-state index contributed by atoms with van der Waals surface area (Å²) in [6, 6.07) is -0.130. The smallest absolute Gasteiger partial charge is 0.323 e. The molecule has 0 bridgehead atoms. The highest BCUT2D eigenvalue weighted by Crippen LogP contribution is 2.27. The summed E-state index contributed by atoms with van der Waals surface area (Å²) in [5, 5.41) is 12.3. The minimum absolute atomic E-state index is 0.0421. The SMILES string of the molecule is CC(C)(C)c1nnc(NC(=O)N2CCOCC2)s1. The van der Waals surface area contributed by atoms with Gasteiger partial charge in [-0.25, -0.2) is 4.79 Å². The van der Waals surface area contributed by atoms with Gasteiger partial charge < -0.3 is 9.64 Å². The topological polar surface area (TPSA) is 67.4 Å². The van der Waals surface area contributed by atoms with E-state index in [0.29, 0.717) is 31.4 Å². The predicted octanol–water partition coefficient (Wildman–Crippen LogP) is 1.70. The minimum atomic E-state index is -0.130. The first kappa shape index (κ1) is 13.2. The van der Waals surface area contributed by atoms with E-state index in [1.54, 1.807) is 4.90 Å². The quantitative estimate of drug-likeness (QED) is 0.843. The predicted molar refractivity (Wildman–Crippen MR) is 70.0 cm³/mol. The summed E-state index contributed by atoms with van der Waals surface area (Å²) in [6.07, 6.45) is 0. The zero-order valence-electron chi connectivity index (χ0n) is 10.9. The van der Waals surface area contributed by atoms with Crippen LogP contribution in [0.5, 0.6) is 0 Å². The van der Waals surface area contributed by atoms with Crippen LogP contribution in [-0.4, -0.2) is 47.4 Å². The number of carbonyl (C=O) groups excluding carboxylic acids is 1. The van der Waals surface area contributed by atoms with Gasteiger partial charge in [0.1, 0.15) is 5.01 Å². The lowest BCUT2D eigenvalue weighted by molar-refractivity contribution is 0.0564. The highest BCUT2D eigenvalue weighted by molar-refractivity contribution is 7.15. The second-order valence-corrected chi connectivity index (χ2v) is 6.17. The number of hydrogen-bond acceptors (Lipinski definition) is 5. The third-order valence-electron chi connectivity index (χ3n) is 2.58. The average molecular weight is 270 g/mol. The van der Waals surface area contributed by atoms with Gasteiger partial charge in [0.25, 0.3) is 0 Å². The van der Waals surface area contributed by atoms with Crippen LogP contribution in [-0.2, 0) is 10.2 Å². The third-order valence-corrected chi connectivity index (χ3v) is 3.84. The van der Waals surface area contributed by atoms with Crippen molar-refractivity contribution in [1.82, 2.24) is 15.1 Å². The number of anilines is 1. The van der Waals surface area contributed by atoms with Crippen LogP contribution >= 0.6 is 11.3 Å². The fourth-order valence-corrected chi connectivity index (χ4v) is 2.30. The first-order chi connectivity index (χ1) is 8.47. The molecule has 0 saturated carbocycles. The summed E-state index contributed by atoms with van der Waals surface area (Å²) in [7, 11) is 0. The molecule has 0 spiro atoms. The van der Waals surface area contributed by atoms with Crippen molar-refractivity contribution in [3.8, 4) is 0 Å². The molecule has 0 atom stereocenters. The summed E-state index contributed by atoms with van der Waals surface area (Å²) >= 11 is 1.42. The molecule has 1 aromatic rings. The van der Waals surface area contributed by atoms with E-state index >= 15 is 0 Å². The summed E-state index contributed by atoms with van der Waals surface area (Å²) in [5.41, 5.74) is -0.0421. The first-order valence-electron chi connectivity index (χ1n) is 5.94. The van der Waals surface area contributed by atoms with Crippen LogP contribution in [0.25, 0.3) is 0 Å². The van der Waals surface area contributed by atoms with Crippen molar-refractivity contribution in [2.75, 3.05) is 31.6 Å². The lowest BCUT2D eigenvalue weighted by Gasteiger charge is -2.26. The van der Waals surface area contributed by atoms with Crippen molar-refractivity contribution >= 4 is 22.5 Å². The summed E-state index contributed by atoms with van der Waals surface area (Å²) in [4.78, 5) is 13.6. The zero-order chi connectivity index (χ0) is 13.2. The molecule has 1 aliphatic heterocycles. The van der Waals surface area contributed by atoms with E-state index in [1.807, 2.05) is 0 Å². The third kappa shape index (κ3) is 3.17. The van der Waals surface area contributed by atoms with Crippen LogP contribution < -0.4 is 5.32 Å². The molecular formula is C11H18N4O2S. The molecule has 1 aromatic heterocycles. The average Bonchev–Trinajstić information content (AvgIpc) is 2.78. The largest absolute Gasteiger partial charge is 0.378 e. The maximum absolute atomic E-state index is 11.9. The van der Waals surface area contributed by atoms with Gasteiger partial charge in [-0.2, -0.15) is 0 Å². The van der Waals surface area contributed by atoms with Gasteiger partial charge in [0.15, 0.2) is 0 Å². The van der Waals surface area contributed by atoms with Crippen molar-refractivity contribution in [1.29, 1.82) is 0 Å². The molecule has 18 heavy (non-hydrogen) atoms. The molecule has 1 N–H and O–H groups in total. The maximum atomic E-state index is 11.9. The number of urea groups is 1. The fourth-order valence-electron chi connectivity index (χ4n) is 1.51. The number of nitrogens with zero attached hydrogens (tertiary/aromatic N) is 3. The van der Waals surface area contributed by atoms with Crippen molar-refractivity contribution < 1.29 is 9.53 Å².